The summed E-state index contributed by atoms with van der Waals surface area (Å²) in [4.78, 5) is 12.6. The van der Waals surface area contributed by atoms with Crippen LogP contribution in [0.5, 0.6) is 0 Å². The summed E-state index contributed by atoms with van der Waals surface area (Å²) in [6, 6.07) is 11.8. The second-order valence-corrected chi connectivity index (χ2v) is 9.98. The van der Waals surface area contributed by atoms with Gasteiger partial charge < -0.3 is 9.73 Å². The molecule has 0 fully saturated rings. The molecule has 3 aromatic rings. The van der Waals surface area contributed by atoms with Crippen LogP contribution in [-0.4, -0.2) is 47.7 Å². The molecule has 1 aromatic heterocycles. The number of rotatable bonds is 10. The minimum Gasteiger partial charge on any atom is -0.411 e. The van der Waals surface area contributed by atoms with Gasteiger partial charge >= 0.3 is 0 Å². The van der Waals surface area contributed by atoms with Crippen molar-refractivity contribution in [2.75, 3.05) is 18.8 Å². The normalized spacial score (nSPS) is 12.6. The number of sulfonamides is 1. The van der Waals surface area contributed by atoms with Gasteiger partial charge in [0, 0.05) is 18.7 Å². The lowest BCUT2D eigenvalue weighted by atomic mass is 10.1. The first kappa shape index (κ1) is 24.9. The van der Waals surface area contributed by atoms with E-state index in [1.807, 2.05) is 6.92 Å². The van der Waals surface area contributed by atoms with Gasteiger partial charge in [0.1, 0.15) is 5.82 Å². The number of carbonyl (C=O) groups excluding carboxylic acids is 1. The number of hydrogen-bond donors (Lipinski definition) is 1. The molecule has 1 amide bonds. The molecule has 1 atom stereocenters. The number of aromatic nitrogens is 2. The summed E-state index contributed by atoms with van der Waals surface area (Å²) in [7, 11) is -3.53. The Morgan fingerprint density at radius 2 is 1.73 bits per heavy atom. The van der Waals surface area contributed by atoms with Crippen molar-refractivity contribution in [2.45, 2.75) is 36.9 Å². The van der Waals surface area contributed by atoms with Crippen LogP contribution in [0.2, 0.25) is 0 Å². The largest absolute Gasteiger partial charge is 0.411 e. The summed E-state index contributed by atoms with van der Waals surface area (Å²) in [5.74, 6) is -0.303. The van der Waals surface area contributed by atoms with E-state index in [9.17, 15) is 17.6 Å². The topological polar surface area (TPSA) is 105 Å². The van der Waals surface area contributed by atoms with Gasteiger partial charge in [0.25, 0.3) is 5.22 Å². The summed E-state index contributed by atoms with van der Waals surface area (Å²) >= 11 is 1.09. The zero-order chi connectivity index (χ0) is 24.0. The summed E-state index contributed by atoms with van der Waals surface area (Å²) in [5, 5.41) is 10.9. The average Bonchev–Trinajstić information content (AvgIpc) is 3.28. The van der Waals surface area contributed by atoms with Gasteiger partial charge in [0.05, 0.1) is 16.7 Å². The molecule has 176 valence electrons. The number of carbonyl (C=O) groups is 1. The first-order chi connectivity index (χ1) is 15.7. The fourth-order valence-electron chi connectivity index (χ4n) is 3.11. The van der Waals surface area contributed by atoms with Crippen molar-refractivity contribution in [3.63, 3.8) is 0 Å². The van der Waals surface area contributed by atoms with Gasteiger partial charge in [-0.2, -0.15) is 4.31 Å². The van der Waals surface area contributed by atoms with Crippen molar-refractivity contribution in [1.82, 2.24) is 19.8 Å². The maximum atomic E-state index is 13.0. The Morgan fingerprint density at radius 3 is 2.33 bits per heavy atom. The lowest BCUT2D eigenvalue weighted by Gasteiger charge is -2.19. The molecule has 1 heterocycles. The predicted molar refractivity (Wildman–Crippen MR) is 124 cm³/mol. The highest BCUT2D eigenvalue weighted by Gasteiger charge is 2.22. The Balaban J connectivity index is 1.55. The minimum absolute atomic E-state index is 0.0593. The molecule has 0 unspecified atom stereocenters. The quantitative estimate of drug-likeness (QED) is 0.428. The number of halogens is 1. The first-order valence-electron chi connectivity index (χ1n) is 10.4. The number of nitrogens with one attached hydrogen (secondary N) is 1. The van der Waals surface area contributed by atoms with E-state index < -0.39 is 10.0 Å². The third-order valence-corrected chi connectivity index (χ3v) is 7.81. The molecule has 33 heavy (non-hydrogen) atoms. The Morgan fingerprint density at radius 1 is 1.09 bits per heavy atom. The van der Waals surface area contributed by atoms with E-state index in [1.165, 1.54) is 28.6 Å². The van der Waals surface area contributed by atoms with Gasteiger partial charge in [0.2, 0.25) is 21.8 Å². The lowest BCUT2D eigenvalue weighted by molar-refractivity contribution is -0.119. The zero-order valence-corrected chi connectivity index (χ0v) is 20.1. The maximum absolute atomic E-state index is 13.0. The Labute approximate surface area is 196 Å². The van der Waals surface area contributed by atoms with Crippen molar-refractivity contribution in [1.29, 1.82) is 0 Å². The van der Waals surface area contributed by atoms with Crippen LogP contribution >= 0.6 is 11.8 Å². The molecule has 0 saturated carbocycles. The second-order valence-electron chi connectivity index (χ2n) is 7.12. The molecule has 3 rings (SSSR count). The zero-order valence-electron chi connectivity index (χ0n) is 18.5. The highest BCUT2D eigenvalue weighted by atomic mass is 32.2. The summed E-state index contributed by atoms with van der Waals surface area (Å²) < 4.78 is 45.1. The summed E-state index contributed by atoms with van der Waals surface area (Å²) in [6.07, 6.45) is 0. The molecule has 0 aliphatic heterocycles. The SMILES string of the molecule is CCN(CC)S(=O)(=O)c1ccc([C@@H](C)NC(=O)CSc2nnc(-c3ccc(F)cc3)o2)cc1. The molecule has 8 nitrogen and oxygen atoms in total. The van der Waals surface area contributed by atoms with Crippen LogP contribution in [0.1, 0.15) is 32.4 Å². The van der Waals surface area contributed by atoms with Crippen LogP contribution < -0.4 is 5.32 Å². The monoisotopic (exact) mass is 492 g/mol. The van der Waals surface area contributed by atoms with Gasteiger partial charge in [-0.25, -0.2) is 12.8 Å². The molecule has 0 radical (unpaired) electrons. The standard InChI is InChI=1S/C22H25FN4O4S2/c1-4-27(5-2)33(29,30)19-12-8-16(9-13-19)15(3)24-20(28)14-32-22-26-25-21(31-22)17-6-10-18(23)11-7-17/h6-13,15H,4-5,14H2,1-3H3,(H,24,28)/t15-/m1/s1. The summed E-state index contributed by atoms with van der Waals surface area (Å²) in [5.41, 5.74) is 1.36. The van der Waals surface area contributed by atoms with Crippen molar-refractivity contribution in [2.24, 2.45) is 0 Å². The molecular weight excluding hydrogens is 467 g/mol. The molecule has 2 aromatic carbocycles. The van der Waals surface area contributed by atoms with Gasteiger partial charge in [-0.3, -0.25) is 4.79 Å². The second kappa shape index (κ2) is 10.9. The van der Waals surface area contributed by atoms with E-state index in [4.69, 9.17) is 4.42 Å². The minimum atomic E-state index is -3.53. The number of benzene rings is 2. The Kier molecular flexibility index (Phi) is 8.22. The van der Waals surface area contributed by atoms with Crippen LogP contribution in [0.25, 0.3) is 11.5 Å². The Bertz CT molecular complexity index is 1180. The molecule has 1 N–H and O–H groups in total. The molecule has 11 heteroatoms. The van der Waals surface area contributed by atoms with Gasteiger partial charge in [-0.15, -0.1) is 10.2 Å². The average molecular weight is 493 g/mol. The van der Waals surface area contributed by atoms with Crippen LogP contribution in [0, 0.1) is 5.82 Å². The van der Waals surface area contributed by atoms with Crippen LogP contribution in [0.3, 0.4) is 0 Å². The fourth-order valence-corrected chi connectivity index (χ4v) is 5.14. The van der Waals surface area contributed by atoms with Crippen molar-refractivity contribution in [3.05, 3.63) is 59.9 Å². The first-order valence-corrected chi connectivity index (χ1v) is 12.8. The van der Waals surface area contributed by atoms with E-state index in [0.29, 0.717) is 18.7 Å². The van der Waals surface area contributed by atoms with Gasteiger partial charge in [-0.1, -0.05) is 37.7 Å². The van der Waals surface area contributed by atoms with Crippen LogP contribution in [0.15, 0.2) is 63.1 Å². The van der Waals surface area contributed by atoms with E-state index in [0.717, 1.165) is 17.3 Å². The molecule has 0 bridgehead atoms. The van der Waals surface area contributed by atoms with Crippen LogP contribution in [0.4, 0.5) is 4.39 Å². The molecule has 0 aliphatic rings. The van der Waals surface area contributed by atoms with Crippen molar-refractivity contribution < 1.29 is 22.0 Å². The maximum Gasteiger partial charge on any atom is 0.277 e. The van der Waals surface area contributed by atoms with Gasteiger partial charge in [0.15, 0.2) is 0 Å². The van der Waals surface area contributed by atoms with E-state index in [2.05, 4.69) is 15.5 Å². The highest BCUT2D eigenvalue weighted by molar-refractivity contribution is 7.99. The fraction of sp³-hybridized carbons (Fsp3) is 0.318. The van der Waals surface area contributed by atoms with Crippen molar-refractivity contribution >= 4 is 27.7 Å². The number of amides is 1. The predicted octanol–water partition coefficient (Wildman–Crippen LogP) is 3.88. The molecular formula is C22H25FN4O4S2. The Hall–Kier alpha value is -2.76. The highest BCUT2D eigenvalue weighted by Crippen LogP contribution is 2.24. The molecule has 0 spiro atoms. The third kappa shape index (κ3) is 6.18. The number of nitrogens with zero attached hydrogens (tertiary/aromatic N) is 3. The van der Waals surface area contributed by atoms with Crippen molar-refractivity contribution in [3.8, 4) is 11.5 Å². The van der Waals surface area contributed by atoms with Crippen LogP contribution in [-0.2, 0) is 14.8 Å². The molecule has 0 saturated heterocycles. The van der Waals surface area contributed by atoms with E-state index in [-0.39, 0.29) is 39.5 Å². The number of thioether (sulfide) groups is 1. The van der Waals surface area contributed by atoms with E-state index in [1.54, 1.807) is 38.1 Å². The lowest BCUT2D eigenvalue weighted by Crippen LogP contribution is -2.30. The molecule has 0 aliphatic carbocycles. The van der Waals surface area contributed by atoms with E-state index >= 15 is 0 Å². The summed E-state index contributed by atoms with van der Waals surface area (Å²) in [6.45, 7) is 6.20. The number of hydrogen-bond acceptors (Lipinski definition) is 7. The smallest absolute Gasteiger partial charge is 0.277 e. The van der Waals surface area contributed by atoms with Gasteiger partial charge in [-0.05, 0) is 48.9 Å². The third-order valence-electron chi connectivity index (χ3n) is 4.93.